The van der Waals surface area contributed by atoms with Gasteiger partial charge < -0.3 is 0 Å². The van der Waals surface area contributed by atoms with E-state index in [-0.39, 0.29) is 28.1 Å². The van der Waals surface area contributed by atoms with Crippen LogP contribution in [-0.4, -0.2) is 30.8 Å². The van der Waals surface area contributed by atoms with Gasteiger partial charge in [0, 0.05) is 23.3 Å². The van der Waals surface area contributed by atoms with Crippen molar-refractivity contribution >= 4 is 32.7 Å². The van der Waals surface area contributed by atoms with Crippen LogP contribution >= 0.6 is 11.8 Å². The lowest BCUT2D eigenvalue weighted by Gasteiger charge is -2.15. The van der Waals surface area contributed by atoms with Crippen molar-refractivity contribution in [1.82, 2.24) is 0 Å². The van der Waals surface area contributed by atoms with Gasteiger partial charge in [0.05, 0.1) is 16.4 Å². The fourth-order valence-electron chi connectivity index (χ4n) is 1.30. The molecule has 0 aliphatic rings. The number of non-ortho nitro benzene ring substituents is 1. The second-order valence-electron chi connectivity index (χ2n) is 5.41. The van der Waals surface area contributed by atoms with Gasteiger partial charge in [-0.2, -0.15) is 8.42 Å². The predicted molar refractivity (Wildman–Crippen MR) is 83.2 cm³/mol. The number of rotatable bonds is 6. The third-order valence-electron chi connectivity index (χ3n) is 2.50. The summed E-state index contributed by atoms with van der Waals surface area (Å²) in [5, 5.41) is 10.5. The van der Waals surface area contributed by atoms with E-state index in [0.29, 0.717) is 0 Å². The highest BCUT2D eigenvalue weighted by atomic mass is 32.2. The average molecular weight is 347 g/mol. The first-order chi connectivity index (χ1) is 10.0. The number of nitro benzene ring substituents is 1. The Balaban J connectivity index is 2.58. The molecule has 0 unspecified atom stereocenters. The summed E-state index contributed by atoms with van der Waals surface area (Å²) in [6, 6.07) is 4.41. The van der Waals surface area contributed by atoms with Gasteiger partial charge in [-0.15, -0.1) is 0 Å². The summed E-state index contributed by atoms with van der Waals surface area (Å²) in [6.07, 6.45) is 0. The largest absolute Gasteiger partial charge is 0.297 e. The van der Waals surface area contributed by atoms with Gasteiger partial charge in [-0.25, -0.2) is 0 Å². The van der Waals surface area contributed by atoms with Gasteiger partial charge in [0.2, 0.25) is 0 Å². The minimum atomic E-state index is -3.98. The maximum atomic E-state index is 11.9. The van der Waals surface area contributed by atoms with Gasteiger partial charge in [-0.1, -0.05) is 32.5 Å². The molecule has 0 atom stereocenters. The molecule has 7 nitrogen and oxygen atoms in total. The van der Waals surface area contributed by atoms with Crippen molar-refractivity contribution in [2.24, 2.45) is 5.41 Å². The van der Waals surface area contributed by atoms with Crippen LogP contribution in [-0.2, 0) is 19.1 Å². The number of nitro groups is 1. The molecule has 0 heterocycles. The van der Waals surface area contributed by atoms with E-state index in [0.717, 1.165) is 36.0 Å². The molecule has 0 saturated carbocycles. The normalized spacial score (nSPS) is 12.1. The number of hydrogen-bond acceptors (Lipinski definition) is 7. The van der Waals surface area contributed by atoms with Crippen molar-refractivity contribution in [3.63, 3.8) is 0 Å². The second kappa shape index (κ2) is 7.21. The van der Waals surface area contributed by atoms with Gasteiger partial charge in [0.25, 0.3) is 15.8 Å². The van der Waals surface area contributed by atoms with E-state index < -0.39 is 20.5 Å². The number of thioether (sulfide) groups is 1. The third-order valence-corrected chi connectivity index (χ3v) is 5.08. The molecule has 0 radical (unpaired) electrons. The Hall–Kier alpha value is -1.45. The Kier molecular flexibility index (Phi) is 6.09. The monoisotopic (exact) mass is 347 g/mol. The highest BCUT2D eigenvalue weighted by Crippen LogP contribution is 2.23. The predicted octanol–water partition coefficient (Wildman–Crippen LogP) is 2.61. The number of benzene rings is 1. The topological polar surface area (TPSA) is 104 Å². The molecule has 1 aromatic rings. The van der Waals surface area contributed by atoms with E-state index >= 15 is 0 Å². The van der Waals surface area contributed by atoms with Crippen LogP contribution in [0.15, 0.2) is 29.2 Å². The highest BCUT2D eigenvalue weighted by Gasteiger charge is 2.22. The molecule has 0 spiro atoms. The lowest BCUT2D eigenvalue weighted by molar-refractivity contribution is -0.384. The molecular weight excluding hydrogens is 330 g/mol. The van der Waals surface area contributed by atoms with Crippen LogP contribution in [0.25, 0.3) is 0 Å². The molecular formula is C13H17NO6S2. The van der Waals surface area contributed by atoms with Crippen LogP contribution in [0.1, 0.15) is 20.8 Å². The molecule has 0 amide bonds. The molecule has 0 aromatic heterocycles. The third kappa shape index (κ3) is 5.39. The minimum Gasteiger partial charge on any atom is -0.287 e. The molecule has 22 heavy (non-hydrogen) atoms. The Labute approximate surface area is 133 Å². The number of nitrogens with zero attached hydrogens (tertiary/aromatic N) is 1. The quantitative estimate of drug-likeness (QED) is 0.337. The first-order valence-electron chi connectivity index (χ1n) is 6.35. The minimum absolute atomic E-state index is 0.0520. The summed E-state index contributed by atoms with van der Waals surface area (Å²) >= 11 is 1.01. The van der Waals surface area contributed by atoms with Crippen LogP contribution in [0.5, 0.6) is 0 Å². The van der Waals surface area contributed by atoms with Crippen molar-refractivity contribution in [3.05, 3.63) is 34.4 Å². The lowest BCUT2D eigenvalue weighted by Crippen LogP contribution is -2.18. The molecule has 0 aliphatic heterocycles. The van der Waals surface area contributed by atoms with E-state index in [4.69, 9.17) is 4.18 Å². The molecule has 1 aromatic carbocycles. The number of carbonyl (C=O) groups is 1. The first kappa shape index (κ1) is 18.6. The zero-order chi connectivity index (χ0) is 17.0. The Morgan fingerprint density at radius 1 is 1.27 bits per heavy atom. The van der Waals surface area contributed by atoms with Gasteiger partial charge in [0.1, 0.15) is 0 Å². The van der Waals surface area contributed by atoms with E-state index in [1.165, 1.54) is 0 Å². The van der Waals surface area contributed by atoms with E-state index in [1.807, 2.05) is 0 Å². The summed E-state index contributed by atoms with van der Waals surface area (Å²) in [6.45, 7) is 5.18. The summed E-state index contributed by atoms with van der Waals surface area (Å²) in [4.78, 5) is 21.4. The molecule has 9 heteroatoms. The van der Waals surface area contributed by atoms with Crippen LogP contribution in [0, 0.1) is 15.5 Å². The number of hydrogen-bond donors (Lipinski definition) is 0. The van der Waals surface area contributed by atoms with Crippen molar-refractivity contribution in [2.75, 3.05) is 12.4 Å². The smallest absolute Gasteiger partial charge is 0.287 e. The van der Waals surface area contributed by atoms with Gasteiger partial charge in [-0.3, -0.25) is 19.1 Å². The van der Waals surface area contributed by atoms with Crippen LogP contribution < -0.4 is 0 Å². The molecule has 122 valence electrons. The van der Waals surface area contributed by atoms with E-state index in [2.05, 4.69) is 0 Å². The second-order valence-corrected chi connectivity index (χ2v) is 8.10. The van der Waals surface area contributed by atoms with Crippen LogP contribution in [0.4, 0.5) is 5.69 Å². The molecule has 1 rings (SSSR count). The van der Waals surface area contributed by atoms with Crippen LogP contribution in [0.3, 0.4) is 0 Å². The van der Waals surface area contributed by atoms with Gasteiger partial charge in [-0.05, 0) is 12.1 Å². The maximum Gasteiger partial charge on any atom is 0.297 e. The molecule has 0 saturated heterocycles. The van der Waals surface area contributed by atoms with Crippen LogP contribution in [0.2, 0.25) is 0 Å². The van der Waals surface area contributed by atoms with Crippen molar-refractivity contribution < 1.29 is 22.3 Å². The van der Waals surface area contributed by atoms with Crippen molar-refractivity contribution in [3.8, 4) is 0 Å². The van der Waals surface area contributed by atoms with Gasteiger partial charge >= 0.3 is 0 Å². The van der Waals surface area contributed by atoms with E-state index in [9.17, 15) is 23.3 Å². The van der Waals surface area contributed by atoms with E-state index in [1.54, 1.807) is 20.8 Å². The molecule has 0 fully saturated rings. The zero-order valence-corrected chi connectivity index (χ0v) is 14.1. The molecule has 0 aliphatic carbocycles. The highest BCUT2D eigenvalue weighted by molar-refractivity contribution is 8.13. The summed E-state index contributed by atoms with van der Waals surface area (Å²) in [7, 11) is -3.98. The average Bonchev–Trinajstić information content (AvgIpc) is 2.42. The Morgan fingerprint density at radius 3 is 2.27 bits per heavy atom. The fraction of sp³-hybridized carbons (Fsp3) is 0.462. The lowest BCUT2D eigenvalue weighted by atomic mass is 10.00. The number of carbonyl (C=O) groups excluding carboxylic acids is 1. The van der Waals surface area contributed by atoms with Crippen molar-refractivity contribution in [1.29, 1.82) is 0 Å². The fourth-order valence-corrected chi connectivity index (χ4v) is 3.10. The van der Waals surface area contributed by atoms with Crippen molar-refractivity contribution in [2.45, 2.75) is 25.7 Å². The molecule has 0 bridgehead atoms. The first-order valence-corrected chi connectivity index (χ1v) is 8.74. The standard InChI is InChI=1S/C13H17NO6S2/c1-13(2,3)12(15)21-9-8-20-22(18,19)11-6-4-10(5-7-11)14(16)17/h4-7H,8-9H2,1-3H3. The zero-order valence-electron chi connectivity index (χ0n) is 12.4. The summed E-state index contributed by atoms with van der Waals surface area (Å²) in [5.74, 6) is 0.211. The summed E-state index contributed by atoms with van der Waals surface area (Å²) in [5.41, 5.74) is -0.702. The SMILES string of the molecule is CC(C)(C)C(=O)SCCOS(=O)(=O)c1ccc([N+](=O)[O-])cc1. The Bertz CT molecular complexity index is 646. The van der Waals surface area contributed by atoms with Gasteiger partial charge in [0.15, 0.2) is 5.12 Å². The molecule has 0 N–H and O–H groups in total. The Morgan fingerprint density at radius 2 is 1.82 bits per heavy atom. The maximum absolute atomic E-state index is 11.9. The summed E-state index contributed by atoms with van der Waals surface area (Å²) < 4.78 is 28.5.